The first-order valence-corrected chi connectivity index (χ1v) is 10.4. The Balaban J connectivity index is 1.62. The summed E-state index contributed by atoms with van der Waals surface area (Å²) in [6, 6.07) is 28.1. The van der Waals surface area contributed by atoms with Crippen molar-refractivity contribution in [1.29, 1.82) is 0 Å². The molecule has 0 spiro atoms. The monoisotopic (exact) mass is 392 g/mol. The van der Waals surface area contributed by atoms with Gasteiger partial charge in [0.2, 0.25) is 0 Å². The van der Waals surface area contributed by atoms with E-state index < -0.39 is 6.10 Å². The Morgan fingerprint density at radius 2 is 1.50 bits per heavy atom. The summed E-state index contributed by atoms with van der Waals surface area (Å²) in [4.78, 5) is 13.6. The molecule has 0 aliphatic carbocycles. The Hall–Kier alpha value is -2.72. The molecular formula is C24H24O3S. The van der Waals surface area contributed by atoms with E-state index in [0.717, 1.165) is 11.3 Å². The minimum atomic E-state index is -0.660. The van der Waals surface area contributed by atoms with Crippen molar-refractivity contribution in [2.75, 3.05) is 6.61 Å². The highest BCUT2D eigenvalue weighted by Crippen LogP contribution is 2.24. The summed E-state index contributed by atoms with van der Waals surface area (Å²) in [6.07, 6.45) is -0.183. The number of hydrogen-bond donors (Lipinski definition) is 0. The highest BCUT2D eigenvalue weighted by molar-refractivity contribution is 7.98. The molecule has 0 aliphatic rings. The normalized spacial score (nSPS) is 11.6. The van der Waals surface area contributed by atoms with Crippen molar-refractivity contribution in [2.45, 2.75) is 30.1 Å². The Kier molecular flexibility index (Phi) is 7.56. The van der Waals surface area contributed by atoms with Crippen LogP contribution in [0.25, 0.3) is 0 Å². The van der Waals surface area contributed by atoms with Gasteiger partial charge in [-0.05, 0) is 42.3 Å². The third-order valence-electron chi connectivity index (χ3n) is 4.16. The maximum atomic E-state index is 12.3. The van der Waals surface area contributed by atoms with Crippen molar-refractivity contribution >= 4 is 17.7 Å². The van der Waals surface area contributed by atoms with E-state index in [2.05, 4.69) is 12.1 Å². The predicted octanol–water partition coefficient (Wildman–Crippen LogP) is 5.53. The summed E-state index contributed by atoms with van der Waals surface area (Å²) in [5.41, 5.74) is 2.24. The number of ether oxygens (including phenoxy) is 2. The van der Waals surface area contributed by atoms with Crippen LogP contribution in [0.5, 0.6) is 5.75 Å². The zero-order valence-corrected chi connectivity index (χ0v) is 16.7. The number of carbonyl (C=O) groups is 1. The van der Waals surface area contributed by atoms with Crippen LogP contribution in [0.3, 0.4) is 0 Å². The lowest BCUT2D eigenvalue weighted by Crippen LogP contribution is -2.31. The van der Waals surface area contributed by atoms with Gasteiger partial charge < -0.3 is 9.47 Å². The SMILES string of the molecule is CCOC(=O)C(Cc1ccccc1)Oc1ccc(CSc2ccccc2)cc1. The minimum absolute atomic E-state index is 0.336. The van der Waals surface area contributed by atoms with Crippen molar-refractivity contribution in [3.63, 3.8) is 0 Å². The second-order valence-electron chi connectivity index (χ2n) is 6.29. The molecular weight excluding hydrogens is 368 g/mol. The van der Waals surface area contributed by atoms with Crippen LogP contribution in [0.1, 0.15) is 18.1 Å². The minimum Gasteiger partial charge on any atom is -0.478 e. The Morgan fingerprint density at radius 1 is 0.857 bits per heavy atom. The van der Waals surface area contributed by atoms with E-state index in [0.29, 0.717) is 18.8 Å². The molecule has 3 nitrogen and oxygen atoms in total. The summed E-state index contributed by atoms with van der Waals surface area (Å²) >= 11 is 1.79. The molecule has 144 valence electrons. The average Bonchev–Trinajstić information content (AvgIpc) is 2.74. The van der Waals surface area contributed by atoms with Crippen LogP contribution in [-0.4, -0.2) is 18.7 Å². The van der Waals surface area contributed by atoms with Crippen molar-refractivity contribution in [3.05, 3.63) is 96.1 Å². The number of carbonyl (C=O) groups excluding carboxylic acids is 1. The van der Waals surface area contributed by atoms with E-state index in [9.17, 15) is 4.79 Å². The quantitative estimate of drug-likeness (QED) is 0.354. The maximum Gasteiger partial charge on any atom is 0.347 e. The molecule has 4 heteroatoms. The van der Waals surface area contributed by atoms with Crippen LogP contribution in [0.2, 0.25) is 0 Å². The molecule has 1 unspecified atom stereocenters. The van der Waals surface area contributed by atoms with Gasteiger partial charge in [-0.1, -0.05) is 60.7 Å². The molecule has 3 aromatic carbocycles. The Bertz CT molecular complexity index is 848. The fourth-order valence-corrected chi connectivity index (χ4v) is 3.62. The molecule has 0 radical (unpaired) electrons. The van der Waals surface area contributed by atoms with Crippen molar-refractivity contribution in [2.24, 2.45) is 0 Å². The van der Waals surface area contributed by atoms with E-state index in [-0.39, 0.29) is 5.97 Å². The van der Waals surface area contributed by atoms with Gasteiger partial charge in [-0.3, -0.25) is 0 Å². The lowest BCUT2D eigenvalue weighted by molar-refractivity contribution is -0.151. The van der Waals surface area contributed by atoms with E-state index in [1.165, 1.54) is 10.5 Å². The zero-order valence-electron chi connectivity index (χ0n) is 15.9. The molecule has 0 N–H and O–H groups in total. The first-order valence-electron chi connectivity index (χ1n) is 9.38. The molecule has 0 fully saturated rings. The molecule has 1 atom stereocenters. The predicted molar refractivity (Wildman–Crippen MR) is 114 cm³/mol. The van der Waals surface area contributed by atoms with E-state index in [4.69, 9.17) is 9.47 Å². The van der Waals surface area contributed by atoms with Crippen LogP contribution in [0, 0.1) is 0 Å². The van der Waals surface area contributed by atoms with Gasteiger partial charge in [0.05, 0.1) is 6.61 Å². The number of thioether (sulfide) groups is 1. The first kappa shape index (κ1) is 20.0. The second kappa shape index (κ2) is 10.6. The molecule has 0 bridgehead atoms. The van der Waals surface area contributed by atoms with Crippen LogP contribution in [0.4, 0.5) is 0 Å². The van der Waals surface area contributed by atoms with E-state index in [1.54, 1.807) is 18.7 Å². The molecule has 0 saturated carbocycles. The van der Waals surface area contributed by atoms with Gasteiger partial charge in [-0.15, -0.1) is 11.8 Å². The lowest BCUT2D eigenvalue weighted by Gasteiger charge is -2.18. The van der Waals surface area contributed by atoms with Gasteiger partial charge >= 0.3 is 5.97 Å². The van der Waals surface area contributed by atoms with Gasteiger partial charge in [0.1, 0.15) is 5.75 Å². The summed E-state index contributed by atoms with van der Waals surface area (Å²) < 4.78 is 11.2. The van der Waals surface area contributed by atoms with Gasteiger partial charge in [-0.25, -0.2) is 4.79 Å². The third kappa shape index (κ3) is 6.17. The summed E-state index contributed by atoms with van der Waals surface area (Å²) in [5, 5.41) is 0. The summed E-state index contributed by atoms with van der Waals surface area (Å²) in [6.45, 7) is 2.14. The largest absolute Gasteiger partial charge is 0.478 e. The van der Waals surface area contributed by atoms with Crippen LogP contribution < -0.4 is 4.74 Å². The van der Waals surface area contributed by atoms with Gasteiger partial charge in [0, 0.05) is 17.1 Å². The molecule has 3 aromatic rings. The highest BCUT2D eigenvalue weighted by Gasteiger charge is 2.22. The average molecular weight is 393 g/mol. The van der Waals surface area contributed by atoms with Crippen molar-refractivity contribution < 1.29 is 14.3 Å². The number of benzene rings is 3. The Labute approximate surface area is 170 Å². The van der Waals surface area contributed by atoms with Crippen LogP contribution >= 0.6 is 11.8 Å². The van der Waals surface area contributed by atoms with Crippen LogP contribution in [0.15, 0.2) is 89.8 Å². The summed E-state index contributed by atoms with van der Waals surface area (Å²) in [7, 11) is 0. The fourth-order valence-electron chi connectivity index (χ4n) is 2.75. The van der Waals surface area contributed by atoms with Crippen molar-refractivity contribution in [3.8, 4) is 5.75 Å². The van der Waals surface area contributed by atoms with Gasteiger partial charge in [0.25, 0.3) is 0 Å². The molecule has 3 rings (SSSR count). The third-order valence-corrected chi connectivity index (χ3v) is 5.25. The first-order chi connectivity index (χ1) is 13.7. The summed E-state index contributed by atoms with van der Waals surface area (Å²) in [5.74, 6) is 1.22. The Morgan fingerprint density at radius 3 is 2.14 bits per heavy atom. The topological polar surface area (TPSA) is 35.5 Å². The van der Waals surface area contributed by atoms with Crippen LogP contribution in [-0.2, 0) is 21.7 Å². The second-order valence-corrected chi connectivity index (χ2v) is 7.34. The maximum absolute atomic E-state index is 12.3. The zero-order chi connectivity index (χ0) is 19.6. The molecule has 0 heterocycles. The molecule has 0 amide bonds. The number of esters is 1. The van der Waals surface area contributed by atoms with Crippen molar-refractivity contribution in [1.82, 2.24) is 0 Å². The molecule has 0 saturated heterocycles. The van der Waals surface area contributed by atoms with Gasteiger partial charge in [0.15, 0.2) is 6.10 Å². The molecule has 28 heavy (non-hydrogen) atoms. The smallest absolute Gasteiger partial charge is 0.347 e. The lowest BCUT2D eigenvalue weighted by atomic mass is 10.1. The number of rotatable bonds is 9. The molecule has 0 aliphatic heterocycles. The number of hydrogen-bond acceptors (Lipinski definition) is 4. The fraction of sp³-hybridized carbons (Fsp3) is 0.208. The van der Waals surface area contributed by atoms with E-state index >= 15 is 0 Å². The highest BCUT2D eigenvalue weighted by atomic mass is 32.2. The van der Waals surface area contributed by atoms with E-state index in [1.807, 2.05) is 72.8 Å². The molecule has 0 aromatic heterocycles. The van der Waals surface area contributed by atoms with Gasteiger partial charge in [-0.2, -0.15) is 0 Å². The standard InChI is InChI=1S/C24H24O3S/c1-2-26-24(25)23(17-19-9-5-3-6-10-19)27-21-15-13-20(14-16-21)18-28-22-11-7-4-8-12-22/h3-16,23H,2,17-18H2,1H3.